The normalized spacial score (nSPS) is 21.7. The molecule has 0 bridgehead atoms. The van der Waals surface area contributed by atoms with Crippen molar-refractivity contribution in [2.45, 2.75) is 45.1 Å². The molecular formula is C28H31NO6. The standard InChI is InChI=1S/C28H31NO6/c1-15(2)35-28(32)25-16(3)29-21-12-19(17-6-9-20(33-4)10-7-17)13-23(31)27(21)26(25)18-8-11-22(30)24(14-18)34-5/h6-12,14-15,19,26-27,29-30H,13H2,1-5H3. The molecule has 1 aliphatic heterocycles. The Balaban J connectivity index is 1.82. The first-order chi connectivity index (χ1) is 16.7. The van der Waals surface area contributed by atoms with Gasteiger partial charge in [-0.05, 0) is 56.2 Å². The van der Waals surface area contributed by atoms with Crippen molar-refractivity contribution in [3.05, 3.63) is 76.6 Å². The van der Waals surface area contributed by atoms with Gasteiger partial charge in [-0.15, -0.1) is 0 Å². The molecule has 3 atom stereocenters. The average molecular weight is 478 g/mol. The van der Waals surface area contributed by atoms with Crippen molar-refractivity contribution in [2.24, 2.45) is 5.92 Å². The molecule has 4 rings (SSSR count). The van der Waals surface area contributed by atoms with E-state index in [-0.39, 0.29) is 29.3 Å². The van der Waals surface area contributed by atoms with E-state index in [0.29, 0.717) is 23.3 Å². The fraction of sp³-hybridized carbons (Fsp3) is 0.357. The van der Waals surface area contributed by atoms with Gasteiger partial charge in [0.2, 0.25) is 0 Å². The number of fused-ring (bicyclic) bond motifs is 1. The van der Waals surface area contributed by atoms with Gasteiger partial charge in [-0.3, -0.25) is 4.79 Å². The lowest BCUT2D eigenvalue weighted by Gasteiger charge is -2.39. The van der Waals surface area contributed by atoms with E-state index >= 15 is 0 Å². The van der Waals surface area contributed by atoms with Crippen molar-refractivity contribution in [1.29, 1.82) is 0 Å². The number of rotatable bonds is 6. The predicted molar refractivity (Wildman–Crippen MR) is 131 cm³/mol. The van der Waals surface area contributed by atoms with E-state index in [1.807, 2.05) is 31.2 Å². The van der Waals surface area contributed by atoms with Crippen LogP contribution in [0.25, 0.3) is 0 Å². The third kappa shape index (κ3) is 4.76. The van der Waals surface area contributed by atoms with E-state index in [9.17, 15) is 14.7 Å². The number of esters is 1. The zero-order valence-corrected chi connectivity index (χ0v) is 20.6. The lowest BCUT2D eigenvalue weighted by molar-refractivity contribution is -0.143. The van der Waals surface area contributed by atoms with Gasteiger partial charge in [-0.1, -0.05) is 24.3 Å². The van der Waals surface area contributed by atoms with Crippen molar-refractivity contribution in [1.82, 2.24) is 5.32 Å². The van der Waals surface area contributed by atoms with Gasteiger partial charge in [0.1, 0.15) is 11.5 Å². The van der Waals surface area contributed by atoms with Gasteiger partial charge >= 0.3 is 5.97 Å². The highest BCUT2D eigenvalue weighted by Gasteiger charge is 2.45. The maximum Gasteiger partial charge on any atom is 0.336 e. The minimum atomic E-state index is -0.586. The highest BCUT2D eigenvalue weighted by molar-refractivity contribution is 5.96. The highest BCUT2D eigenvalue weighted by Crippen LogP contribution is 2.47. The molecule has 0 saturated heterocycles. The molecule has 0 fully saturated rings. The number of ketones is 1. The van der Waals surface area contributed by atoms with Crippen LogP contribution in [0.4, 0.5) is 0 Å². The Hall–Kier alpha value is -3.74. The SMILES string of the molecule is COc1ccc(C2C=C3NC(C)=C(C(=O)OC(C)C)C(c4ccc(O)c(OC)c4)C3C(=O)C2)cc1. The molecule has 2 N–H and O–H groups in total. The largest absolute Gasteiger partial charge is 0.504 e. The summed E-state index contributed by atoms with van der Waals surface area (Å²) in [5, 5.41) is 13.5. The number of carbonyl (C=O) groups excluding carboxylic acids is 2. The Labute approximate surface area is 205 Å². The van der Waals surface area contributed by atoms with Crippen molar-refractivity contribution >= 4 is 11.8 Å². The maximum absolute atomic E-state index is 13.7. The van der Waals surface area contributed by atoms with Crippen LogP contribution in [0.15, 0.2) is 65.5 Å². The number of ether oxygens (including phenoxy) is 3. The minimum absolute atomic E-state index is 0.0116. The zero-order valence-electron chi connectivity index (χ0n) is 20.6. The molecule has 0 aromatic heterocycles. The summed E-state index contributed by atoms with van der Waals surface area (Å²) in [5.74, 6) is -0.682. The van der Waals surface area contributed by atoms with Gasteiger partial charge in [-0.2, -0.15) is 0 Å². The Bertz CT molecular complexity index is 1190. The summed E-state index contributed by atoms with van der Waals surface area (Å²) < 4.78 is 16.1. The number of phenolic OH excluding ortho intramolecular Hbond substituents is 1. The number of hydrogen-bond acceptors (Lipinski definition) is 7. The Morgan fingerprint density at radius 2 is 1.71 bits per heavy atom. The van der Waals surface area contributed by atoms with Crippen LogP contribution < -0.4 is 14.8 Å². The molecule has 0 spiro atoms. The van der Waals surface area contributed by atoms with Gasteiger partial charge in [0.25, 0.3) is 0 Å². The lowest BCUT2D eigenvalue weighted by atomic mass is 9.68. The second-order valence-corrected chi connectivity index (χ2v) is 9.18. The number of Topliss-reactive ketones (excluding diaryl/α,β-unsaturated/α-hetero) is 1. The van der Waals surface area contributed by atoms with Crippen molar-refractivity contribution in [3.8, 4) is 17.2 Å². The van der Waals surface area contributed by atoms with Crippen LogP contribution in [0.2, 0.25) is 0 Å². The monoisotopic (exact) mass is 477 g/mol. The molecule has 0 saturated carbocycles. The molecule has 2 aromatic carbocycles. The number of carbonyl (C=O) groups is 2. The molecule has 35 heavy (non-hydrogen) atoms. The van der Waals surface area contributed by atoms with Crippen LogP contribution >= 0.6 is 0 Å². The van der Waals surface area contributed by atoms with Gasteiger partial charge in [0.05, 0.1) is 31.8 Å². The van der Waals surface area contributed by atoms with Gasteiger partial charge in [-0.25, -0.2) is 4.79 Å². The topological polar surface area (TPSA) is 94.1 Å². The Morgan fingerprint density at radius 3 is 2.34 bits per heavy atom. The molecule has 2 aliphatic rings. The minimum Gasteiger partial charge on any atom is -0.504 e. The highest BCUT2D eigenvalue weighted by atomic mass is 16.5. The number of methoxy groups -OCH3 is 2. The van der Waals surface area contributed by atoms with E-state index in [2.05, 4.69) is 11.4 Å². The lowest BCUT2D eigenvalue weighted by Crippen LogP contribution is -2.42. The van der Waals surface area contributed by atoms with Crippen molar-refractivity contribution < 1.29 is 28.9 Å². The first-order valence-corrected chi connectivity index (χ1v) is 11.7. The summed E-state index contributed by atoms with van der Waals surface area (Å²) in [5.41, 5.74) is 3.52. The van der Waals surface area contributed by atoms with Crippen LogP contribution in [0.1, 0.15) is 50.2 Å². The predicted octanol–water partition coefficient (Wildman–Crippen LogP) is 4.58. The summed E-state index contributed by atoms with van der Waals surface area (Å²) in [7, 11) is 3.08. The zero-order chi connectivity index (χ0) is 25.3. The molecule has 2 aromatic rings. The van der Waals surface area contributed by atoms with Gasteiger partial charge < -0.3 is 24.6 Å². The molecule has 3 unspecified atom stereocenters. The fourth-order valence-electron chi connectivity index (χ4n) is 4.93. The van der Waals surface area contributed by atoms with E-state index in [4.69, 9.17) is 14.2 Å². The van der Waals surface area contributed by atoms with Crippen LogP contribution in [0.3, 0.4) is 0 Å². The third-order valence-corrected chi connectivity index (χ3v) is 6.53. The first kappa shape index (κ1) is 24.4. The molecule has 1 aliphatic carbocycles. The molecular weight excluding hydrogens is 446 g/mol. The molecule has 184 valence electrons. The molecule has 0 radical (unpaired) electrons. The average Bonchev–Trinajstić information content (AvgIpc) is 2.83. The Morgan fingerprint density at radius 1 is 1.03 bits per heavy atom. The fourth-order valence-corrected chi connectivity index (χ4v) is 4.93. The molecule has 7 nitrogen and oxygen atoms in total. The van der Waals surface area contributed by atoms with Crippen molar-refractivity contribution in [3.63, 3.8) is 0 Å². The van der Waals surface area contributed by atoms with Crippen LogP contribution in [-0.4, -0.2) is 37.2 Å². The summed E-state index contributed by atoms with van der Waals surface area (Å²) in [6.07, 6.45) is 2.07. The smallest absolute Gasteiger partial charge is 0.336 e. The Kier molecular flexibility index (Phi) is 6.87. The number of hydrogen-bond donors (Lipinski definition) is 2. The molecule has 0 amide bonds. The summed E-state index contributed by atoms with van der Waals surface area (Å²) in [6.45, 7) is 5.40. The number of aromatic hydroxyl groups is 1. The molecule has 1 heterocycles. The van der Waals surface area contributed by atoms with Crippen LogP contribution in [0.5, 0.6) is 17.2 Å². The number of allylic oxidation sites excluding steroid dienone is 3. The summed E-state index contributed by atoms with van der Waals surface area (Å²) in [4.78, 5) is 26.9. The third-order valence-electron chi connectivity index (χ3n) is 6.53. The van der Waals surface area contributed by atoms with E-state index < -0.39 is 17.8 Å². The second-order valence-electron chi connectivity index (χ2n) is 9.18. The number of phenols is 1. The summed E-state index contributed by atoms with van der Waals surface area (Å²) >= 11 is 0. The van der Waals surface area contributed by atoms with Gasteiger partial charge in [0.15, 0.2) is 11.5 Å². The summed E-state index contributed by atoms with van der Waals surface area (Å²) in [6, 6.07) is 12.6. The van der Waals surface area contributed by atoms with Gasteiger partial charge in [0, 0.05) is 29.7 Å². The van der Waals surface area contributed by atoms with E-state index in [1.54, 1.807) is 33.1 Å². The van der Waals surface area contributed by atoms with E-state index in [1.165, 1.54) is 13.2 Å². The molecule has 7 heteroatoms. The quantitative estimate of drug-likeness (QED) is 0.588. The van der Waals surface area contributed by atoms with Crippen LogP contribution in [0, 0.1) is 5.92 Å². The van der Waals surface area contributed by atoms with Crippen LogP contribution in [-0.2, 0) is 14.3 Å². The maximum atomic E-state index is 13.7. The van der Waals surface area contributed by atoms with Crippen molar-refractivity contribution in [2.75, 3.05) is 14.2 Å². The number of nitrogens with one attached hydrogen (secondary N) is 1. The van der Waals surface area contributed by atoms with E-state index in [0.717, 1.165) is 17.0 Å². The second kappa shape index (κ2) is 9.86. The first-order valence-electron chi connectivity index (χ1n) is 11.7. The number of benzene rings is 2.